The van der Waals surface area contributed by atoms with Gasteiger partial charge in [-0.25, -0.2) is 16.8 Å². The second kappa shape index (κ2) is 12.8. The van der Waals surface area contributed by atoms with Crippen LogP contribution in [0.15, 0.2) is 82.6 Å². The van der Waals surface area contributed by atoms with Gasteiger partial charge in [0.15, 0.2) is 0 Å². The maximum absolute atomic E-state index is 13.5. The van der Waals surface area contributed by atoms with Gasteiger partial charge in [-0.3, -0.25) is 9.10 Å². The smallest absolute Gasteiger partial charge is 0.264 e. The van der Waals surface area contributed by atoms with Crippen molar-refractivity contribution in [2.75, 3.05) is 50.3 Å². The van der Waals surface area contributed by atoms with Gasteiger partial charge < -0.3 is 14.8 Å². The van der Waals surface area contributed by atoms with E-state index in [0.29, 0.717) is 43.3 Å². The van der Waals surface area contributed by atoms with Crippen molar-refractivity contribution < 1.29 is 31.1 Å². The van der Waals surface area contributed by atoms with E-state index in [9.17, 15) is 21.6 Å². The third-order valence-corrected chi connectivity index (χ3v) is 10.1. The normalized spacial score (nSPS) is 14.4. The molecule has 12 heteroatoms. The minimum Gasteiger partial charge on any atom is -0.492 e. The molecule has 0 aromatic heterocycles. The van der Waals surface area contributed by atoms with Gasteiger partial charge >= 0.3 is 0 Å². The van der Waals surface area contributed by atoms with Gasteiger partial charge in [0.2, 0.25) is 15.9 Å². The lowest BCUT2D eigenvalue weighted by molar-refractivity contribution is -0.119. The van der Waals surface area contributed by atoms with Crippen LogP contribution in [-0.4, -0.2) is 73.0 Å². The van der Waals surface area contributed by atoms with Crippen molar-refractivity contribution in [3.63, 3.8) is 0 Å². The van der Waals surface area contributed by atoms with E-state index in [0.717, 1.165) is 9.87 Å². The molecule has 1 N–H and O–H groups in total. The van der Waals surface area contributed by atoms with Crippen molar-refractivity contribution in [2.24, 2.45) is 0 Å². The number of sulfonamides is 2. The zero-order valence-corrected chi connectivity index (χ0v) is 24.1. The summed E-state index contributed by atoms with van der Waals surface area (Å²) in [6, 6.07) is 19.5. The minimum atomic E-state index is -4.00. The number of rotatable bonds is 11. The summed E-state index contributed by atoms with van der Waals surface area (Å²) >= 11 is 0. The highest BCUT2D eigenvalue weighted by molar-refractivity contribution is 7.92. The van der Waals surface area contributed by atoms with Crippen LogP contribution >= 0.6 is 0 Å². The van der Waals surface area contributed by atoms with E-state index in [4.69, 9.17) is 9.47 Å². The van der Waals surface area contributed by atoms with Crippen LogP contribution in [-0.2, 0) is 29.6 Å². The Morgan fingerprint density at radius 1 is 0.900 bits per heavy atom. The molecule has 0 bridgehead atoms. The number of benzene rings is 3. The Morgan fingerprint density at radius 2 is 1.52 bits per heavy atom. The summed E-state index contributed by atoms with van der Waals surface area (Å²) < 4.78 is 65.9. The highest BCUT2D eigenvalue weighted by Crippen LogP contribution is 2.27. The van der Waals surface area contributed by atoms with E-state index >= 15 is 0 Å². The molecule has 1 aliphatic rings. The fourth-order valence-corrected chi connectivity index (χ4v) is 7.06. The van der Waals surface area contributed by atoms with Crippen LogP contribution in [0.2, 0.25) is 0 Å². The molecule has 0 saturated carbocycles. The predicted octanol–water partition coefficient (Wildman–Crippen LogP) is 2.71. The average Bonchev–Trinajstić information content (AvgIpc) is 2.95. The molecule has 0 atom stereocenters. The molecule has 1 amide bonds. The predicted molar refractivity (Wildman–Crippen MR) is 151 cm³/mol. The monoisotopic (exact) mass is 587 g/mol. The molecular weight excluding hydrogens is 554 g/mol. The average molecular weight is 588 g/mol. The lowest BCUT2D eigenvalue weighted by atomic mass is 10.2. The van der Waals surface area contributed by atoms with E-state index < -0.39 is 32.5 Å². The Kier molecular flexibility index (Phi) is 9.46. The molecule has 1 aliphatic heterocycles. The van der Waals surface area contributed by atoms with Gasteiger partial charge in [-0.15, -0.1) is 0 Å². The summed E-state index contributed by atoms with van der Waals surface area (Å²) in [5, 5.41) is 2.70. The zero-order valence-electron chi connectivity index (χ0n) is 22.4. The molecule has 0 aliphatic carbocycles. The first-order chi connectivity index (χ1) is 19.1. The quantitative estimate of drug-likeness (QED) is 0.342. The first kappa shape index (κ1) is 29.5. The van der Waals surface area contributed by atoms with Crippen molar-refractivity contribution >= 4 is 31.6 Å². The van der Waals surface area contributed by atoms with Crippen molar-refractivity contribution in [1.82, 2.24) is 9.62 Å². The Balaban J connectivity index is 1.36. The van der Waals surface area contributed by atoms with Crippen LogP contribution in [0.3, 0.4) is 0 Å². The SMILES string of the molecule is Cc1ccc(S(=O)(=O)N(CC(=O)NCCOc2ccc(S(=O)(=O)N3CCOCC3)cc2)c2ccccc2C)cc1. The molecule has 0 spiro atoms. The van der Waals surface area contributed by atoms with Crippen molar-refractivity contribution in [2.45, 2.75) is 23.6 Å². The molecular formula is C28H33N3O7S2. The number of nitrogens with zero attached hydrogens (tertiary/aromatic N) is 2. The number of morpholine rings is 1. The third kappa shape index (κ3) is 7.00. The largest absolute Gasteiger partial charge is 0.492 e. The van der Waals surface area contributed by atoms with Gasteiger partial charge in [-0.1, -0.05) is 35.9 Å². The summed E-state index contributed by atoms with van der Waals surface area (Å²) in [6.45, 7) is 4.84. The molecule has 10 nitrogen and oxygen atoms in total. The topological polar surface area (TPSA) is 122 Å². The summed E-state index contributed by atoms with van der Waals surface area (Å²) in [5.41, 5.74) is 2.06. The van der Waals surface area contributed by atoms with Gasteiger partial charge in [0.25, 0.3) is 10.0 Å². The first-order valence-electron chi connectivity index (χ1n) is 12.8. The number of para-hydroxylation sites is 1. The fraction of sp³-hybridized carbons (Fsp3) is 0.321. The molecule has 4 rings (SSSR count). The second-order valence-corrected chi connectivity index (χ2v) is 13.1. The van der Waals surface area contributed by atoms with E-state index in [-0.39, 0.29) is 22.9 Å². The summed E-state index contributed by atoms with van der Waals surface area (Å²) in [4.78, 5) is 13.1. The number of aryl methyl sites for hydroxylation is 2. The lowest BCUT2D eigenvalue weighted by Crippen LogP contribution is -2.42. The van der Waals surface area contributed by atoms with Gasteiger partial charge in [-0.05, 0) is 61.9 Å². The van der Waals surface area contributed by atoms with Gasteiger partial charge in [-0.2, -0.15) is 4.31 Å². The third-order valence-electron chi connectivity index (χ3n) is 6.40. The molecule has 3 aromatic rings. The molecule has 1 fully saturated rings. The van der Waals surface area contributed by atoms with Crippen LogP contribution in [0.5, 0.6) is 5.75 Å². The molecule has 214 valence electrons. The summed E-state index contributed by atoms with van der Waals surface area (Å²) in [5.74, 6) is -0.0480. The number of amides is 1. The number of hydrogen-bond acceptors (Lipinski definition) is 7. The van der Waals surface area contributed by atoms with E-state index in [1.165, 1.54) is 28.6 Å². The van der Waals surface area contributed by atoms with Crippen molar-refractivity contribution in [1.29, 1.82) is 0 Å². The molecule has 3 aromatic carbocycles. The van der Waals surface area contributed by atoms with Crippen molar-refractivity contribution in [3.8, 4) is 5.75 Å². The van der Waals surface area contributed by atoms with E-state index in [1.54, 1.807) is 55.5 Å². The number of carbonyl (C=O) groups is 1. The fourth-order valence-electron chi connectivity index (χ4n) is 4.17. The van der Waals surface area contributed by atoms with Gasteiger partial charge in [0, 0.05) is 13.1 Å². The Labute approximate surface area is 235 Å². The Hall–Kier alpha value is -3.45. The van der Waals surface area contributed by atoms with E-state index in [1.807, 2.05) is 6.92 Å². The number of carbonyl (C=O) groups excluding carboxylic acids is 1. The van der Waals surface area contributed by atoms with Crippen LogP contribution in [0.1, 0.15) is 11.1 Å². The maximum Gasteiger partial charge on any atom is 0.264 e. The summed E-state index contributed by atoms with van der Waals surface area (Å²) in [7, 11) is -7.60. The minimum absolute atomic E-state index is 0.0940. The Morgan fingerprint density at radius 3 is 2.17 bits per heavy atom. The van der Waals surface area contributed by atoms with Crippen LogP contribution < -0.4 is 14.4 Å². The highest BCUT2D eigenvalue weighted by atomic mass is 32.2. The molecule has 0 radical (unpaired) electrons. The first-order valence-corrected chi connectivity index (χ1v) is 15.7. The maximum atomic E-state index is 13.5. The van der Waals surface area contributed by atoms with Crippen LogP contribution in [0.4, 0.5) is 5.69 Å². The number of anilines is 1. The highest BCUT2D eigenvalue weighted by Gasteiger charge is 2.28. The standard InChI is InChI=1S/C28H33N3O7S2/c1-22-7-11-26(12-8-22)40(35,36)31(27-6-4-3-5-23(27)2)21-28(32)29-15-18-38-24-9-13-25(14-10-24)39(33,34)30-16-19-37-20-17-30/h3-14H,15-21H2,1-2H3,(H,29,32). The Bertz CT molecular complexity index is 1520. The van der Waals surface area contributed by atoms with Gasteiger partial charge in [0.05, 0.1) is 35.2 Å². The molecule has 0 unspecified atom stereocenters. The summed E-state index contributed by atoms with van der Waals surface area (Å²) in [6.07, 6.45) is 0. The molecule has 1 saturated heterocycles. The van der Waals surface area contributed by atoms with E-state index in [2.05, 4.69) is 5.32 Å². The zero-order chi connectivity index (χ0) is 28.8. The van der Waals surface area contributed by atoms with Crippen LogP contribution in [0.25, 0.3) is 0 Å². The number of nitrogens with one attached hydrogen (secondary N) is 1. The van der Waals surface area contributed by atoms with Crippen molar-refractivity contribution in [3.05, 3.63) is 83.9 Å². The number of hydrogen-bond donors (Lipinski definition) is 1. The lowest BCUT2D eigenvalue weighted by Gasteiger charge is -2.26. The second-order valence-electron chi connectivity index (χ2n) is 9.30. The van der Waals surface area contributed by atoms with Crippen LogP contribution in [0, 0.1) is 13.8 Å². The molecule has 1 heterocycles. The van der Waals surface area contributed by atoms with Gasteiger partial charge in [0.1, 0.15) is 18.9 Å². The number of ether oxygens (including phenoxy) is 2. The molecule has 40 heavy (non-hydrogen) atoms.